The molecule has 2 aromatic heterocycles. The molecular weight excluding hydrogens is 209 g/mol. The maximum Gasteiger partial charge on any atom is 0.147 e. The number of pyridine rings is 1. The number of furan rings is 1. The Hall–Kier alpha value is -1.68. The first kappa shape index (κ1) is 10.8. The van der Waals surface area contributed by atoms with Crippen LogP contribution in [-0.2, 0) is 6.42 Å². The Kier molecular flexibility index (Phi) is 3.01. The van der Waals surface area contributed by atoms with Crippen LogP contribution in [0.1, 0.15) is 30.1 Å². The minimum atomic E-state index is -1.08. The van der Waals surface area contributed by atoms with Gasteiger partial charge in [0.25, 0.3) is 0 Å². The zero-order valence-corrected chi connectivity index (χ0v) is 8.85. The van der Waals surface area contributed by atoms with E-state index in [4.69, 9.17) is 4.42 Å². The van der Waals surface area contributed by atoms with E-state index in [1.807, 2.05) is 6.92 Å². The summed E-state index contributed by atoms with van der Waals surface area (Å²) in [6, 6.07) is 4.87. The van der Waals surface area contributed by atoms with Gasteiger partial charge in [-0.2, -0.15) is 0 Å². The van der Waals surface area contributed by atoms with Gasteiger partial charge in [0.15, 0.2) is 0 Å². The maximum absolute atomic E-state index is 13.4. The molecule has 1 N–H and O–H groups in total. The highest BCUT2D eigenvalue weighted by atomic mass is 19.1. The van der Waals surface area contributed by atoms with E-state index in [1.165, 1.54) is 12.3 Å². The summed E-state index contributed by atoms with van der Waals surface area (Å²) >= 11 is 0. The van der Waals surface area contributed by atoms with Gasteiger partial charge in [0, 0.05) is 18.2 Å². The quantitative estimate of drug-likeness (QED) is 0.865. The van der Waals surface area contributed by atoms with Crippen LogP contribution in [0.3, 0.4) is 0 Å². The van der Waals surface area contributed by atoms with Crippen molar-refractivity contribution in [2.45, 2.75) is 19.4 Å². The molecular formula is C12H12FNO2. The van der Waals surface area contributed by atoms with Crippen LogP contribution >= 0.6 is 0 Å². The van der Waals surface area contributed by atoms with Gasteiger partial charge in [0.1, 0.15) is 23.4 Å². The van der Waals surface area contributed by atoms with Crippen LogP contribution in [0, 0.1) is 5.82 Å². The molecule has 0 saturated heterocycles. The van der Waals surface area contributed by atoms with Crippen molar-refractivity contribution in [3.8, 4) is 0 Å². The first-order chi connectivity index (χ1) is 7.72. The molecule has 1 atom stereocenters. The number of aliphatic hydroxyl groups is 1. The largest absolute Gasteiger partial charge is 0.463 e. The van der Waals surface area contributed by atoms with Crippen LogP contribution in [0.15, 0.2) is 35.0 Å². The summed E-state index contributed by atoms with van der Waals surface area (Å²) in [6.45, 7) is 1.95. The van der Waals surface area contributed by atoms with Crippen LogP contribution < -0.4 is 0 Å². The number of rotatable bonds is 3. The van der Waals surface area contributed by atoms with Crippen LogP contribution in [0.25, 0.3) is 0 Å². The second-order valence-electron chi connectivity index (χ2n) is 3.46. The second-order valence-corrected chi connectivity index (χ2v) is 3.46. The van der Waals surface area contributed by atoms with Gasteiger partial charge in [0.2, 0.25) is 0 Å². The minimum Gasteiger partial charge on any atom is -0.463 e. The predicted octanol–water partition coefficient (Wildman–Crippen LogP) is 2.46. The molecule has 0 aromatic carbocycles. The standard InChI is InChI=1S/C12H12FNO2/c1-2-8-3-4-11(16-8)12(15)9-5-6-14-7-10(9)13/h3-7,12,15H,2H2,1H3. The summed E-state index contributed by atoms with van der Waals surface area (Å²) < 4.78 is 18.7. The van der Waals surface area contributed by atoms with Crippen LogP contribution in [0.5, 0.6) is 0 Å². The second kappa shape index (κ2) is 4.45. The lowest BCUT2D eigenvalue weighted by molar-refractivity contribution is 0.182. The summed E-state index contributed by atoms with van der Waals surface area (Å²) in [6.07, 6.45) is 2.17. The molecule has 1 unspecified atom stereocenters. The van der Waals surface area contributed by atoms with E-state index in [2.05, 4.69) is 4.98 Å². The third kappa shape index (κ3) is 1.97. The predicted molar refractivity (Wildman–Crippen MR) is 56.3 cm³/mol. The topological polar surface area (TPSA) is 46.3 Å². The molecule has 84 valence electrons. The molecule has 0 aliphatic rings. The lowest BCUT2D eigenvalue weighted by Gasteiger charge is -2.08. The van der Waals surface area contributed by atoms with Gasteiger partial charge < -0.3 is 9.52 Å². The molecule has 16 heavy (non-hydrogen) atoms. The number of aryl methyl sites for hydroxylation is 1. The number of nitrogens with zero attached hydrogens (tertiary/aromatic N) is 1. The molecule has 2 rings (SSSR count). The van der Waals surface area contributed by atoms with Crippen molar-refractivity contribution in [3.63, 3.8) is 0 Å². The third-order valence-corrected chi connectivity index (χ3v) is 2.40. The molecule has 0 aliphatic heterocycles. The zero-order valence-electron chi connectivity index (χ0n) is 8.85. The Bertz CT molecular complexity index is 481. The SMILES string of the molecule is CCc1ccc(C(O)c2ccncc2F)o1. The van der Waals surface area contributed by atoms with E-state index < -0.39 is 11.9 Å². The van der Waals surface area contributed by atoms with E-state index in [9.17, 15) is 9.50 Å². The average molecular weight is 221 g/mol. The molecule has 4 heteroatoms. The van der Waals surface area contributed by atoms with Gasteiger partial charge >= 0.3 is 0 Å². The highest BCUT2D eigenvalue weighted by Crippen LogP contribution is 2.25. The molecule has 2 aromatic rings. The number of halogens is 1. The van der Waals surface area contributed by atoms with Crippen molar-refractivity contribution in [1.29, 1.82) is 0 Å². The van der Waals surface area contributed by atoms with Crippen LogP contribution in [0.4, 0.5) is 4.39 Å². The van der Waals surface area contributed by atoms with Gasteiger partial charge in [-0.1, -0.05) is 6.92 Å². The van der Waals surface area contributed by atoms with Gasteiger partial charge in [-0.25, -0.2) is 4.39 Å². The third-order valence-electron chi connectivity index (χ3n) is 2.40. The first-order valence-corrected chi connectivity index (χ1v) is 5.08. The monoisotopic (exact) mass is 221 g/mol. The highest BCUT2D eigenvalue weighted by molar-refractivity contribution is 5.24. The lowest BCUT2D eigenvalue weighted by atomic mass is 10.1. The van der Waals surface area contributed by atoms with Crippen molar-refractivity contribution in [3.05, 3.63) is 53.5 Å². The minimum absolute atomic E-state index is 0.173. The van der Waals surface area contributed by atoms with E-state index in [0.29, 0.717) is 5.76 Å². The molecule has 0 radical (unpaired) electrons. The molecule has 0 fully saturated rings. The fraction of sp³-hybridized carbons (Fsp3) is 0.250. The lowest BCUT2D eigenvalue weighted by Crippen LogP contribution is -2.01. The van der Waals surface area contributed by atoms with E-state index >= 15 is 0 Å². The van der Waals surface area contributed by atoms with Crippen molar-refractivity contribution >= 4 is 0 Å². The average Bonchev–Trinajstić information content (AvgIpc) is 2.77. The smallest absolute Gasteiger partial charge is 0.147 e. The summed E-state index contributed by atoms with van der Waals surface area (Å²) in [4.78, 5) is 3.63. The van der Waals surface area contributed by atoms with Crippen LogP contribution in [-0.4, -0.2) is 10.1 Å². The van der Waals surface area contributed by atoms with E-state index in [0.717, 1.165) is 18.4 Å². The Morgan fingerprint density at radius 2 is 2.25 bits per heavy atom. The Morgan fingerprint density at radius 1 is 1.44 bits per heavy atom. The maximum atomic E-state index is 13.4. The van der Waals surface area contributed by atoms with E-state index in [-0.39, 0.29) is 5.56 Å². The summed E-state index contributed by atoms with van der Waals surface area (Å²) in [7, 11) is 0. The molecule has 0 bridgehead atoms. The number of hydrogen-bond acceptors (Lipinski definition) is 3. The van der Waals surface area contributed by atoms with Crippen molar-refractivity contribution in [2.75, 3.05) is 0 Å². The van der Waals surface area contributed by atoms with Crippen molar-refractivity contribution in [2.24, 2.45) is 0 Å². The molecule has 0 spiro atoms. The number of aliphatic hydroxyl groups excluding tert-OH is 1. The Labute approximate surface area is 92.6 Å². The molecule has 0 saturated carbocycles. The highest BCUT2D eigenvalue weighted by Gasteiger charge is 2.17. The van der Waals surface area contributed by atoms with Crippen LogP contribution in [0.2, 0.25) is 0 Å². The van der Waals surface area contributed by atoms with Gasteiger partial charge in [-0.3, -0.25) is 4.98 Å². The molecule has 2 heterocycles. The molecule has 3 nitrogen and oxygen atoms in total. The van der Waals surface area contributed by atoms with Crippen molar-refractivity contribution < 1.29 is 13.9 Å². The fourth-order valence-corrected chi connectivity index (χ4v) is 1.49. The number of aromatic nitrogens is 1. The normalized spacial score (nSPS) is 12.7. The fourth-order valence-electron chi connectivity index (χ4n) is 1.49. The molecule has 0 aliphatic carbocycles. The van der Waals surface area contributed by atoms with Gasteiger partial charge in [-0.15, -0.1) is 0 Å². The van der Waals surface area contributed by atoms with Crippen molar-refractivity contribution in [1.82, 2.24) is 4.98 Å². The zero-order chi connectivity index (χ0) is 11.5. The first-order valence-electron chi connectivity index (χ1n) is 5.08. The Morgan fingerprint density at radius 3 is 2.88 bits per heavy atom. The Balaban J connectivity index is 2.31. The van der Waals surface area contributed by atoms with Gasteiger partial charge in [0.05, 0.1) is 6.20 Å². The van der Waals surface area contributed by atoms with E-state index in [1.54, 1.807) is 12.1 Å². The number of hydrogen-bond donors (Lipinski definition) is 1. The van der Waals surface area contributed by atoms with Gasteiger partial charge in [-0.05, 0) is 18.2 Å². The molecule has 0 amide bonds. The summed E-state index contributed by atoms with van der Waals surface area (Å²) in [5.41, 5.74) is 0.173. The summed E-state index contributed by atoms with van der Waals surface area (Å²) in [5.74, 6) is 0.579. The summed E-state index contributed by atoms with van der Waals surface area (Å²) in [5, 5.41) is 9.92.